The van der Waals surface area contributed by atoms with Crippen LogP contribution in [0.1, 0.15) is 39.0 Å². The molecule has 0 spiro atoms. The highest BCUT2D eigenvalue weighted by molar-refractivity contribution is 5.79. The quantitative estimate of drug-likeness (QED) is 0.651. The molecule has 0 bridgehead atoms. The smallest absolute Gasteiger partial charge is 0.308 e. The fourth-order valence-electron chi connectivity index (χ4n) is 2.03. The van der Waals surface area contributed by atoms with Crippen LogP contribution in [-0.2, 0) is 14.3 Å². The number of ketones is 1. The fourth-order valence-corrected chi connectivity index (χ4v) is 2.03. The zero-order chi connectivity index (χ0) is 10.6. The van der Waals surface area contributed by atoms with Gasteiger partial charge in [0.25, 0.3) is 0 Å². The van der Waals surface area contributed by atoms with E-state index in [1.807, 2.05) is 6.92 Å². The number of methoxy groups -OCH3 is 1. The third-order valence-corrected chi connectivity index (χ3v) is 2.95. The summed E-state index contributed by atoms with van der Waals surface area (Å²) in [5, 5.41) is 0. The van der Waals surface area contributed by atoms with Crippen LogP contribution in [0.15, 0.2) is 0 Å². The van der Waals surface area contributed by atoms with Crippen molar-refractivity contribution in [2.45, 2.75) is 39.0 Å². The summed E-state index contributed by atoms with van der Waals surface area (Å²) < 4.78 is 4.67. The molecule has 14 heavy (non-hydrogen) atoms. The molecule has 1 saturated carbocycles. The van der Waals surface area contributed by atoms with E-state index in [2.05, 4.69) is 4.74 Å². The number of hydrogen-bond acceptors (Lipinski definition) is 3. The number of hydrogen-bond donors (Lipinski definition) is 0. The summed E-state index contributed by atoms with van der Waals surface area (Å²) in [4.78, 5) is 22.2. The Bertz CT molecular complexity index is 213. The van der Waals surface area contributed by atoms with Crippen LogP contribution in [0.4, 0.5) is 0 Å². The van der Waals surface area contributed by atoms with E-state index in [4.69, 9.17) is 0 Å². The molecule has 0 aromatic rings. The van der Waals surface area contributed by atoms with Crippen LogP contribution >= 0.6 is 0 Å². The zero-order valence-corrected chi connectivity index (χ0v) is 8.91. The Hall–Kier alpha value is -0.860. The van der Waals surface area contributed by atoms with Crippen LogP contribution in [0, 0.1) is 11.8 Å². The lowest BCUT2D eigenvalue weighted by Crippen LogP contribution is -2.20. The third kappa shape index (κ3) is 3.13. The van der Waals surface area contributed by atoms with Crippen LogP contribution in [0.2, 0.25) is 0 Å². The average molecular weight is 198 g/mol. The first-order valence-corrected chi connectivity index (χ1v) is 5.23. The Morgan fingerprint density at radius 1 is 1.50 bits per heavy atom. The molecular formula is C11H18O3. The molecule has 0 aromatic heterocycles. The van der Waals surface area contributed by atoms with Crippen molar-refractivity contribution in [3.63, 3.8) is 0 Å². The van der Waals surface area contributed by atoms with Gasteiger partial charge in [-0.1, -0.05) is 6.92 Å². The van der Waals surface area contributed by atoms with Crippen LogP contribution in [0.25, 0.3) is 0 Å². The Balaban J connectivity index is 2.30. The van der Waals surface area contributed by atoms with Crippen molar-refractivity contribution in [1.82, 2.24) is 0 Å². The van der Waals surface area contributed by atoms with Gasteiger partial charge in [-0.3, -0.25) is 9.59 Å². The normalized spacial score (nSPS) is 20.6. The lowest BCUT2D eigenvalue weighted by Gasteiger charge is -2.22. The molecule has 1 atom stereocenters. The number of carbonyl (C=O) groups excluding carboxylic acids is 2. The highest BCUT2D eigenvalue weighted by Crippen LogP contribution is 2.27. The molecule has 3 nitrogen and oxygen atoms in total. The summed E-state index contributed by atoms with van der Waals surface area (Å²) in [6.45, 7) is 1.89. The number of rotatable bonds is 3. The maximum Gasteiger partial charge on any atom is 0.308 e. The van der Waals surface area contributed by atoms with Crippen molar-refractivity contribution < 1.29 is 14.3 Å². The second-order valence-corrected chi connectivity index (χ2v) is 4.14. The SMILES string of the molecule is COC(=O)C(C)CC1CCC(=O)CC1. The van der Waals surface area contributed by atoms with E-state index < -0.39 is 0 Å². The molecule has 1 aliphatic rings. The van der Waals surface area contributed by atoms with Gasteiger partial charge in [0.1, 0.15) is 5.78 Å². The van der Waals surface area contributed by atoms with Crippen molar-refractivity contribution in [2.24, 2.45) is 11.8 Å². The Kier molecular flexibility index (Phi) is 4.11. The van der Waals surface area contributed by atoms with E-state index in [-0.39, 0.29) is 11.9 Å². The second-order valence-electron chi connectivity index (χ2n) is 4.14. The molecule has 1 fully saturated rings. The van der Waals surface area contributed by atoms with Crippen molar-refractivity contribution in [3.8, 4) is 0 Å². The van der Waals surface area contributed by atoms with Gasteiger partial charge in [-0.05, 0) is 25.2 Å². The van der Waals surface area contributed by atoms with Crippen LogP contribution < -0.4 is 0 Å². The summed E-state index contributed by atoms with van der Waals surface area (Å²) in [5.41, 5.74) is 0. The van der Waals surface area contributed by atoms with Crippen molar-refractivity contribution in [3.05, 3.63) is 0 Å². The van der Waals surface area contributed by atoms with E-state index in [0.717, 1.165) is 19.3 Å². The van der Waals surface area contributed by atoms with E-state index >= 15 is 0 Å². The van der Waals surface area contributed by atoms with Crippen molar-refractivity contribution >= 4 is 11.8 Å². The topological polar surface area (TPSA) is 43.4 Å². The monoisotopic (exact) mass is 198 g/mol. The van der Waals surface area contributed by atoms with Crippen LogP contribution in [0.3, 0.4) is 0 Å². The van der Waals surface area contributed by atoms with Crippen molar-refractivity contribution in [2.75, 3.05) is 7.11 Å². The number of carbonyl (C=O) groups is 2. The lowest BCUT2D eigenvalue weighted by molar-refractivity contribution is -0.145. The molecule has 1 aliphatic carbocycles. The largest absolute Gasteiger partial charge is 0.469 e. The van der Waals surface area contributed by atoms with Crippen LogP contribution in [-0.4, -0.2) is 18.9 Å². The first-order valence-electron chi connectivity index (χ1n) is 5.23. The number of ether oxygens (including phenoxy) is 1. The minimum Gasteiger partial charge on any atom is -0.469 e. The highest BCUT2D eigenvalue weighted by Gasteiger charge is 2.23. The summed E-state index contributed by atoms with van der Waals surface area (Å²) in [6, 6.07) is 0. The Labute approximate surface area is 84.8 Å². The minimum atomic E-state index is -0.137. The molecule has 0 aliphatic heterocycles. The van der Waals surface area contributed by atoms with Crippen molar-refractivity contribution in [1.29, 1.82) is 0 Å². The molecule has 0 aromatic carbocycles. The molecule has 0 radical (unpaired) electrons. The molecule has 1 unspecified atom stereocenters. The average Bonchev–Trinajstić information content (AvgIpc) is 2.20. The van der Waals surface area contributed by atoms with Gasteiger partial charge in [0.2, 0.25) is 0 Å². The Morgan fingerprint density at radius 3 is 2.57 bits per heavy atom. The Morgan fingerprint density at radius 2 is 2.07 bits per heavy atom. The predicted molar refractivity (Wildman–Crippen MR) is 52.8 cm³/mol. The molecule has 0 N–H and O–H groups in total. The fraction of sp³-hybridized carbons (Fsp3) is 0.818. The predicted octanol–water partition coefficient (Wildman–Crippen LogP) is 1.94. The van der Waals surface area contributed by atoms with Gasteiger partial charge in [-0.15, -0.1) is 0 Å². The van der Waals surface area contributed by atoms with Gasteiger partial charge >= 0.3 is 5.97 Å². The maximum atomic E-state index is 11.2. The van der Waals surface area contributed by atoms with E-state index in [0.29, 0.717) is 24.5 Å². The minimum absolute atomic E-state index is 0.0294. The lowest BCUT2D eigenvalue weighted by atomic mass is 9.83. The van der Waals surface area contributed by atoms with Gasteiger partial charge in [0.05, 0.1) is 13.0 Å². The van der Waals surface area contributed by atoms with Gasteiger partial charge in [0.15, 0.2) is 0 Å². The summed E-state index contributed by atoms with van der Waals surface area (Å²) in [5.74, 6) is 0.730. The van der Waals surface area contributed by atoms with Crippen LogP contribution in [0.5, 0.6) is 0 Å². The molecule has 0 saturated heterocycles. The molecule has 3 heteroatoms. The second kappa shape index (κ2) is 5.13. The van der Waals surface area contributed by atoms with Gasteiger partial charge in [-0.25, -0.2) is 0 Å². The van der Waals surface area contributed by atoms with E-state index in [1.165, 1.54) is 7.11 Å². The number of esters is 1. The van der Waals surface area contributed by atoms with Gasteiger partial charge in [0, 0.05) is 12.8 Å². The third-order valence-electron chi connectivity index (χ3n) is 2.95. The highest BCUT2D eigenvalue weighted by atomic mass is 16.5. The van der Waals surface area contributed by atoms with Gasteiger partial charge in [-0.2, -0.15) is 0 Å². The summed E-state index contributed by atoms with van der Waals surface area (Å²) in [7, 11) is 1.42. The number of Topliss-reactive ketones (excluding diaryl/α,β-unsaturated/α-hetero) is 1. The molecular weight excluding hydrogens is 180 g/mol. The van der Waals surface area contributed by atoms with Gasteiger partial charge < -0.3 is 4.74 Å². The summed E-state index contributed by atoms with van der Waals surface area (Å²) >= 11 is 0. The maximum absolute atomic E-state index is 11.2. The molecule has 1 rings (SSSR count). The molecule has 0 heterocycles. The zero-order valence-electron chi connectivity index (χ0n) is 8.91. The molecule has 0 amide bonds. The summed E-state index contributed by atoms with van der Waals surface area (Å²) in [6.07, 6.45) is 4.14. The first kappa shape index (κ1) is 11.2. The standard InChI is InChI=1S/C11H18O3/c1-8(11(13)14-2)7-9-3-5-10(12)6-4-9/h8-9H,3-7H2,1-2H3. The first-order chi connectivity index (χ1) is 6.63. The molecule has 80 valence electrons. The van der Waals surface area contributed by atoms with E-state index in [9.17, 15) is 9.59 Å². The van der Waals surface area contributed by atoms with E-state index in [1.54, 1.807) is 0 Å².